The number of hydrogen-bond donors (Lipinski definition) is 3. The van der Waals surface area contributed by atoms with Crippen LogP contribution in [-0.2, 0) is 9.59 Å². The lowest BCUT2D eigenvalue weighted by atomic mass is 9.49. The third kappa shape index (κ3) is 5.16. The summed E-state index contributed by atoms with van der Waals surface area (Å²) in [7, 11) is 0. The fourth-order valence-corrected chi connectivity index (χ4v) is 6.88. The first kappa shape index (κ1) is 22.8. The quantitative estimate of drug-likeness (QED) is 0.563. The maximum atomic E-state index is 12.9. The predicted molar refractivity (Wildman–Crippen MR) is 123 cm³/mol. The molecule has 4 fully saturated rings. The van der Waals surface area contributed by atoms with Gasteiger partial charge in [0.1, 0.15) is 6.04 Å². The van der Waals surface area contributed by atoms with Gasteiger partial charge in [-0.3, -0.25) is 25.2 Å². The van der Waals surface area contributed by atoms with Crippen LogP contribution in [0.25, 0.3) is 0 Å². The van der Waals surface area contributed by atoms with E-state index in [9.17, 15) is 14.4 Å². The Balaban J connectivity index is 1.32. The van der Waals surface area contributed by atoms with Crippen LogP contribution in [0.2, 0.25) is 0 Å². The molecule has 1 unspecified atom stereocenters. The molecule has 32 heavy (non-hydrogen) atoms. The van der Waals surface area contributed by atoms with Crippen molar-refractivity contribution >= 4 is 17.7 Å². The van der Waals surface area contributed by atoms with Crippen molar-refractivity contribution in [3.63, 3.8) is 0 Å². The van der Waals surface area contributed by atoms with E-state index in [4.69, 9.17) is 0 Å². The van der Waals surface area contributed by atoms with Crippen LogP contribution in [0, 0.1) is 36.0 Å². The molecule has 6 heteroatoms. The van der Waals surface area contributed by atoms with E-state index in [1.165, 1.54) is 19.3 Å². The summed E-state index contributed by atoms with van der Waals surface area (Å²) in [5.74, 6) is 1.81. The molecule has 0 radical (unpaired) electrons. The minimum absolute atomic E-state index is 0.117. The summed E-state index contributed by atoms with van der Waals surface area (Å²) in [4.78, 5) is 38.3. The van der Waals surface area contributed by atoms with Gasteiger partial charge in [-0.15, -0.1) is 0 Å². The summed E-state index contributed by atoms with van der Waals surface area (Å²) in [6.45, 7) is 5.88. The van der Waals surface area contributed by atoms with Crippen LogP contribution in [0.5, 0.6) is 0 Å². The van der Waals surface area contributed by atoms with E-state index in [1.807, 2.05) is 39.0 Å². The van der Waals surface area contributed by atoms with Crippen LogP contribution in [0.15, 0.2) is 24.3 Å². The standard InChI is InChI=1S/C26H37N3O3/c1-16(2)8-22(27-24(31)21-7-5-4-6-17(21)3)25(32)29-28-23(30)15-26-12-18-9-19(13-26)11-20(10-18)14-26/h4-7,16,18-20,22H,8-15H2,1-3H3,(H,27,31)(H,28,30)(H,29,32). The minimum atomic E-state index is -0.707. The lowest BCUT2D eigenvalue weighted by Gasteiger charge is -2.56. The molecule has 0 saturated heterocycles. The SMILES string of the molecule is Cc1ccccc1C(=O)NC(CC(C)C)C(=O)NNC(=O)CC12CC3CC(CC(C3)C1)C2. The van der Waals surface area contributed by atoms with E-state index in [1.54, 1.807) is 6.07 Å². The summed E-state index contributed by atoms with van der Waals surface area (Å²) in [6, 6.07) is 6.61. The van der Waals surface area contributed by atoms with Crippen molar-refractivity contribution in [2.24, 2.45) is 29.1 Å². The summed E-state index contributed by atoms with van der Waals surface area (Å²) in [6.07, 6.45) is 8.48. The molecule has 0 aromatic heterocycles. The largest absolute Gasteiger partial charge is 0.340 e. The lowest BCUT2D eigenvalue weighted by Crippen LogP contribution is -2.54. The molecule has 4 saturated carbocycles. The molecule has 4 aliphatic rings. The smallest absolute Gasteiger partial charge is 0.260 e. The number of carbonyl (C=O) groups excluding carboxylic acids is 3. The molecule has 4 aliphatic carbocycles. The Hall–Kier alpha value is -2.37. The summed E-state index contributed by atoms with van der Waals surface area (Å²) < 4.78 is 0. The number of aryl methyl sites for hydroxylation is 1. The van der Waals surface area contributed by atoms with Gasteiger partial charge in [0, 0.05) is 12.0 Å². The van der Waals surface area contributed by atoms with Crippen molar-refractivity contribution in [3.8, 4) is 0 Å². The van der Waals surface area contributed by atoms with E-state index in [0.29, 0.717) is 18.4 Å². The second-order valence-corrected chi connectivity index (χ2v) is 11.1. The highest BCUT2D eigenvalue weighted by Crippen LogP contribution is 2.61. The topological polar surface area (TPSA) is 87.3 Å². The van der Waals surface area contributed by atoms with Crippen molar-refractivity contribution in [3.05, 3.63) is 35.4 Å². The molecule has 0 aliphatic heterocycles. The number of hydrazine groups is 1. The molecule has 1 aromatic carbocycles. The maximum absolute atomic E-state index is 12.9. The highest BCUT2D eigenvalue weighted by molar-refractivity contribution is 5.98. The maximum Gasteiger partial charge on any atom is 0.260 e. The monoisotopic (exact) mass is 439 g/mol. The van der Waals surface area contributed by atoms with Gasteiger partial charge in [-0.25, -0.2) is 0 Å². The highest BCUT2D eigenvalue weighted by Gasteiger charge is 2.51. The second kappa shape index (κ2) is 9.24. The molecule has 1 aromatic rings. The number of hydrogen-bond acceptors (Lipinski definition) is 3. The minimum Gasteiger partial charge on any atom is -0.340 e. The van der Waals surface area contributed by atoms with Gasteiger partial charge in [-0.05, 0) is 92.6 Å². The van der Waals surface area contributed by atoms with Crippen LogP contribution >= 0.6 is 0 Å². The van der Waals surface area contributed by atoms with Gasteiger partial charge in [0.15, 0.2) is 0 Å². The first-order chi connectivity index (χ1) is 15.2. The molecule has 1 atom stereocenters. The van der Waals surface area contributed by atoms with Gasteiger partial charge in [0.2, 0.25) is 5.91 Å². The summed E-state index contributed by atoms with van der Waals surface area (Å²) in [5.41, 5.74) is 6.77. The van der Waals surface area contributed by atoms with Crippen molar-refractivity contribution < 1.29 is 14.4 Å². The molecular formula is C26H37N3O3. The van der Waals surface area contributed by atoms with Gasteiger partial charge in [0.25, 0.3) is 11.8 Å². The molecule has 6 nitrogen and oxygen atoms in total. The van der Waals surface area contributed by atoms with Crippen molar-refractivity contribution in [1.29, 1.82) is 0 Å². The van der Waals surface area contributed by atoms with Crippen molar-refractivity contribution in [1.82, 2.24) is 16.2 Å². The van der Waals surface area contributed by atoms with E-state index in [2.05, 4.69) is 16.2 Å². The zero-order valence-electron chi connectivity index (χ0n) is 19.6. The summed E-state index contributed by atoms with van der Waals surface area (Å²) >= 11 is 0. The van der Waals surface area contributed by atoms with Gasteiger partial charge >= 0.3 is 0 Å². The fraction of sp³-hybridized carbons (Fsp3) is 0.654. The number of benzene rings is 1. The Morgan fingerprint density at radius 1 is 0.969 bits per heavy atom. The van der Waals surface area contributed by atoms with Gasteiger partial charge < -0.3 is 5.32 Å². The zero-order valence-corrected chi connectivity index (χ0v) is 19.6. The molecule has 4 bridgehead atoms. The molecule has 5 rings (SSSR count). The number of amides is 3. The number of rotatable bonds is 7. The number of nitrogens with one attached hydrogen (secondary N) is 3. The van der Waals surface area contributed by atoms with Crippen LogP contribution in [0.4, 0.5) is 0 Å². The third-order valence-corrected chi connectivity index (χ3v) is 7.74. The molecule has 0 spiro atoms. The Morgan fingerprint density at radius 2 is 1.56 bits per heavy atom. The fourth-order valence-electron chi connectivity index (χ4n) is 6.88. The Bertz CT molecular complexity index is 844. The summed E-state index contributed by atoms with van der Waals surface area (Å²) in [5, 5.41) is 2.85. The van der Waals surface area contributed by atoms with E-state index in [-0.39, 0.29) is 29.1 Å². The van der Waals surface area contributed by atoms with Gasteiger partial charge in [-0.1, -0.05) is 32.0 Å². The predicted octanol–water partition coefficient (Wildman–Crippen LogP) is 3.89. The van der Waals surface area contributed by atoms with Crippen molar-refractivity contribution in [2.45, 2.75) is 78.2 Å². The third-order valence-electron chi connectivity index (χ3n) is 7.74. The normalized spacial score (nSPS) is 28.9. The Kier molecular flexibility index (Phi) is 6.59. The van der Waals surface area contributed by atoms with E-state index in [0.717, 1.165) is 42.6 Å². The van der Waals surface area contributed by atoms with E-state index >= 15 is 0 Å². The van der Waals surface area contributed by atoms with Gasteiger partial charge in [-0.2, -0.15) is 0 Å². The first-order valence-electron chi connectivity index (χ1n) is 12.2. The molecule has 3 amide bonds. The first-order valence-corrected chi connectivity index (χ1v) is 12.2. The van der Waals surface area contributed by atoms with Crippen LogP contribution in [-0.4, -0.2) is 23.8 Å². The van der Waals surface area contributed by atoms with Crippen molar-refractivity contribution in [2.75, 3.05) is 0 Å². The average molecular weight is 440 g/mol. The van der Waals surface area contributed by atoms with Gasteiger partial charge in [0.05, 0.1) is 0 Å². The van der Waals surface area contributed by atoms with E-state index < -0.39 is 6.04 Å². The number of carbonyl (C=O) groups is 3. The molecular weight excluding hydrogens is 402 g/mol. The van der Waals surface area contributed by atoms with Crippen LogP contribution in [0.3, 0.4) is 0 Å². The van der Waals surface area contributed by atoms with Crippen LogP contribution < -0.4 is 16.2 Å². The molecule has 3 N–H and O–H groups in total. The Labute approximate surface area is 191 Å². The van der Waals surface area contributed by atoms with Crippen LogP contribution in [0.1, 0.15) is 81.1 Å². The average Bonchev–Trinajstić information content (AvgIpc) is 2.70. The highest BCUT2D eigenvalue weighted by atomic mass is 16.2. The lowest BCUT2D eigenvalue weighted by molar-refractivity contribution is -0.134. The zero-order chi connectivity index (χ0) is 22.9. The molecule has 174 valence electrons. The molecule has 0 heterocycles. The Morgan fingerprint density at radius 3 is 2.12 bits per heavy atom. The second-order valence-electron chi connectivity index (χ2n) is 11.1.